The molecule has 0 aromatic heterocycles. The van der Waals surface area contributed by atoms with Gasteiger partial charge in [0.2, 0.25) is 0 Å². The molecule has 5 nitrogen and oxygen atoms in total. The smallest absolute Gasteiger partial charge is 0.140 e. The van der Waals surface area contributed by atoms with E-state index in [0.29, 0.717) is 18.1 Å². The summed E-state index contributed by atoms with van der Waals surface area (Å²) in [6.07, 6.45) is 1.66. The van der Waals surface area contributed by atoms with E-state index >= 15 is 0 Å². The van der Waals surface area contributed by atoms with Gasteiger partial charge in [-0.1, -0.05) is 11.6 Å². The minimum atomic E-state index is 0.352. The van der Waals surface area contributed by atoms with Gasteiger partial charge in [-0.25, -0.2) is 0 Å². The largest absolute Gasteiger partial charge is 0.276 e. The molecule has 0 amide bonds. The monoisotopic (exact) mass is 174 g/mol. The molecule has 0 saturated carbocycles. The molecule has 0 unspecified atom stereocenters. The first-order chi connectivity index (χ1) is 5.24. The van der Waals surface area contributed by atoms with Gasteiger partial charge in [-0.3, -0.25) is 10.2 Å². The summed E-state index contributed by atoms with van der Waals surface area (Å²) >= 11 is 5.62. The first-order valence-corrected chi connectivity index (χ1v) is 3.38. The van der Waals surface area contributed by atoms with Gasteiger partial charge in [0.05, 0.1) is 25.2 Å². The molecule has 0 aromatic carbocycles. The normalized spacial score (nSPS) is 16.6. The van der Waals surface area contributed by atoms with Crippen molar-refractivity contribution in [3.05, 3.63) is 11.4 Å². The minimum absolute atomic E-state index is 0.352. The lowest BCUT2D eigenvalue weighted by Gasteiger charge is -2.17. The standard InChI is InChI=1S/C5H7ClN4O/c6-5-4-10(11)8-9(5)3-1-2-7/h4,8,11H,1,3H2. The average Bonchev–Trinajstić information content (AvgIpc) is 2.26. The van der Waals surface area contributed by atoms with Gasteiger partial charge < -0.3 is 0 Å². The summed E-state index contributed by atoms with van der Waals surface area (Å²) < 4.78 is 0. The molecule has 0 spiro atoms. The van der Waals surface area contributed by atoms with Crippen molar-refractivity contribution < 1.29 is 5.21 Å². The number of hydrogen-bond acceptors (Lipinski definition) is 5. The fourth-order valence-electron chi connectivity index (χ4n) is 0.690. The predicted octanol–water partition coefficient (Wildman–Crippen LogP) is 0.364. The molecule has 11 heavy (non-hydrogen) atoms. The Kier molecular flexibility index (Phi) is 2.54. The van der Waals surface area contributed by atoms with Crippen LogP contribution in [0.15, 0.2) is 11.4 Å². The quantitative estimate of drug-likeness (QED) is 0.592. The number of hydroxylamine groups is 1. The average molecular weight is 175 g/mol. The minimum Gasteiger partial charge on any atom is -0.276 e. The number of hydrazine groups is 2. The first-order valence-electron chi connectivity index (χ1n) is 3.00. The van der Waals surface area contributed by atoms with Crippen LogP contribution in [0.4, 0.5) is 0 Å². The highest BCUT2D eigenvalue weighted by molar-refractivity contribution is 6.29. The topological polar surface area (TPSA) is 62.5 Å². The zero-order chi connectivity index (χ0) is 8.27. The maximum Gasteiger partial charge on any atom is 0.140 e. The Balaban J connectivity index is 2.39. The van der Waals surface area contributed by atoms with Crippen molar-refractivity contribution in [3.63, 3.8) is 0 Å². The van der Waals surface area contributed by atoms with E-state index in [1.807, 2.05) is 6.07 Å². The Hall–Kier alpha value is -0.960. The lowest BCUT2D eigenvalue weighted by molar-refractivity contribution is -0.119. The van der Waals surface area contributed by atoms with Crippen LogP contribution in [0.25, 0.3) is 0 Å². The molecule has 0 saturated heterocycles. The van der Waals surface area contributed by atoms with E-state index in [0.717, 1.165) is 5.17 Å². The number of nitriles is 1. The van der Waals surface area contributed by atoms with Crippen LogP contribution >= 0.6 is 11.6 Å². The van der Waals surface area contributed by atoms with Crippen molar-refractivity contribution in [2.45, 2.75) is 6.42 Å². The van der Waals surface area contributed by atoms with Gasteiger partial charge in [0.25, 0.3) is 0 Å². The Morgan fingerprint density at radius 1 is 1.82 bits per heavy atom. The first kappa shape index (κ1) is 8.14. The Bertz CT molecular complexity index is 211. The van der Waals surface area contributed by atoms with Gasteiger partial charge in [-0.05, 0) is 0 Å². The maximum atomic E-state index is 8.81. The van der Waals surface area contributed by atoms with E-state index in [9.17, 15) is 0 Å². The Labute approximate surface area is 69.0 Å². The molecule has 0 aromatic rings. The summed E-state index contributed by atoms with van der Waals surface area (Å²) in [6, 6.07) is 1.96. The van der Waals surface area contributed by atoms with Crippen molar-refractivity contribution in [1.29, 1.82) is 5.26 Å². The van der Waals surface area contributed by atoms with E-state index in [1.54, 1.807) is 0 Å². The SMILES string of the molecule is N#CCCN1NN(O)C=C1Cl. The maximum absolute atomic E-state index is 8.81. The van der Waals surface area contributed by atoms with Gasteiger partial charge in [-0.2, -0.15) is 10.4 Å². The highest BCUT2D eigenvalue weighted by Gasteiger charge is 2.16. The Morgan fingerprint density at radius 2 is 2.55 bits per heavy atom. The van der Waals surface area contributed by atoms with Crippen molar-refractivity contribution in [1.82, 2.24) is 15.7 Å². The molecule has 1 rings (SSSR count). The zero-order valence-electron chi connectivity index (χ0n) is 5.66. The van der Waals surface area contributed by atoms with Gasteiger partial charge in [0, 0.05) is 0 Å². The number of nitrogens with one attached hydrogen (secondary N) is 1. The van der Waals surface area contributed by atoms with Gasteiger partial charge in [0.1, 0.15) is 5.16 Å². The summed E-state index contributed by atoms with van der Waals surface area (Å²) in [5, 5.41) is 19.6. The summed E-state index contributed by atoms with van der Waals surface area (Å²) in [7, 11) is 0. The third kappa shape index (κ3) is 1.98. The third-order valence-corrected chi connectivity index (χ3v) is 1.46. The van der Waals surface area contributed by atoms with E-state index in [2.05, 4.69) is 5.53 Å². The van der Waals surface area contributed by atoms with Crippen LogP contribution in [-0.4, -0.2) is 21.9 Å². The highest BCUT2D eigenvalue weighted by atomic mass is 35.5. The van der Waals surface area contributed by atoms with Crippen molar-refractivity contribution in [3.8, 4) is 6.07 Å². The summed E-state index contributed by atoms with van der Waals surface area (Å²) in [5.74, 6) is 0. The molecule has 0 aliphatic carbocycles. The summed E-state index contributed by atoms with van der Waals surface area (Å²) in [4.78, 5) is 0. The molecule has 1 aliphatic heterocycles. The zero-order valence-corrected chi connectivity index (χ0v) is 6.41. The Morgan fingerprint density at radius 3 is 3.00 bits per heavy atom. The second kappa shape index (κ2) is 3.44. The second-order valence-corrected chi connectivity index (χ2v) is 2.34. The van der Waals surface area contributed by atoms with Crippen LogP contribution in [-0.2, 0) is 0 Å². The molecule has 0 atom stereocenters. The number of nitrogens with zero attached hydrogens (tertiary/aromatic N) is 3. The molecule has 1 heterocycles. The molecule has 2 N–H and O–H groups in total. The second-order valence-electron chi connectivity index (χ2n) is 1.96. The van der Waals surface area contributed by atoms with Gasteiger partial charge in [-0.15, -0.1) is 5.53 Å². The molecule has 6 heteroatoms. The van der Waals surface area contributed by atoms with Crippen LogP contribution in [0.2, 0.25) is 0 Å². The number of rotatable bonds is 2. The third-order valence-electron chi connectivity index (χ3n) is 1.16. The van der Waals surface area contributed by atoms with Crippen molar-refractivity contribution in [2.75, 3.05) is 6.54 Å². The fraction of sp³-hybridized carbons (Fsp3) is 0.400. The van der Waals surface area contributed by atoms with Crippen LogP contribution < -0.4 is 5.53 Å². The highest BCUT2D eigenvalue weighted by Crippen LogP contribution is 2.13. The van der Waals surface area contributed by atoms with Crippen LogP contribution in [0.3, 0.4) is 0 Å². The van der Waals surface area contributed by atoms with Crippen LogP contribution in [0.1, 0.15) is 6.42 Å². The molecule has 0 radical (unpaired) electrons. The van der Waals surface area contributed by atoms with Crippen LogP contribution in [0, 0.1) is 11.3 Å². The van der Waals surface area contributed by atoms with Gasteiger partial charge >= 0.3 is 0 Å². The number of hydrogen-bond donors (Lipinski definition) is 2. The molecule has 0 bridgehead atoms. The van der Waals surface area contributed by atoms with Crippen LogP contribution in [0.5, 0.6) is 0 Å². The number of halogens is 1. The molecular weight excluding hydrogens is 168 g/mol. The lowest BCUT2D eigenvalue weighted by atomic mass is 10.5. The lowest BCUT2D eigenvalue weighted by Crippen LogP contribution is -2.38. The summed E-state index contributed by atoms with van der Waals surface area (Å²) in [5.41, 5.74) is 2.48. The predicted molar refractivity (Wildman–Crippen MR) is 37.6 cm³/mol. The van der Waals surface area contributed by atoms with Crippen molar-refractivity contribution in [2.24, 2.45) is 0 Å². The van der Waals surface area contributed by atoms with E-state index < -0.39 is 0 Å². The molecular formula is C5H7ClN4O. The fourth-order valence-corrected chi connectivity index (χ4v) is 0.904. The summed E-state index contributed by atoms with van der Waals surface area (Å²) in [6.45, 7) is 0.447. The van der Waals surface area contributed by atoms with Gasteiger partial charge in [0.15, 0.2) is 0 Å². The van der Waals surface area contributed by atoms with E-state index in [-0.39, 0.29) is 0 Å². The van der Waals surface area contributed by atoms with E-state index in [4.69, 9.17) is 22.1 Å². The molecule has 0 fully saturated rings. The molecule has 1 aliphatic rings. The van der Waals surface area contributed by atoms with Crippen molar-refractivity contribution >= 4 is 11.6 Å². The molecule has 60 valence electrons. The van der Waals surface area contributed by atoms with E-state index in [1.165, 1.54) is 11.2 Å².